The van der Waals surface area contributed by atoms with E-state index in [1.165, 1.54) is 33.9 Å². The minimum absolute atomic E-state index is 0.0523. The zero-order valence-electron chi connectivity index (χ0n) is 13.6. The minimum Gasteiger partial charge on any atom is -0.484 e. The van der Waals surface area contributed by atoms with E-state index >= 15 is 0 Å². The van der Waals surface area contributed by atoms with E-state index in [2.05, 4.69) is 30.4 Å². The molecule has 2 aromatic rings. The predicted molar refractivity (Wildman–Crippen MR) is 105 cm³/mol. The van der Waals surface area contributed by atoms with Gasteiger partial charge in [-0.1, -0.05) is 12.1 Å². The quantitative estimate of drug-likeness (QED) is 0.795. The summed E-state index contributed by atoms with van der Waals surface area (Å²) in [7, 11) is 0. The molecule has 2 heterocycles. The van der Waals surface area contributed by atoms with E-state index in [9.17, 15) is 4.79 Å². The number of carbonyl (C=O) groups excluding carboxylic acids is 1. The van der Waals surface area contributed by atoms with Gasteiger partial charge >= 0.3 is 0 Å². The molecule has 6 heteroatoms. The number of hydrogen-bond donors (Lipinski definition) is 1. The lowest BCUT2D eigenvalue weighted by atomic mass is 10.2. The molecule has 0 spiro atoms. The highest BCUT2D eigenvalue weighted by Crippen LogP contribution is 2.43. The number of benzene rings is 1. The highest BCUT2D eigenvalue weighted by molar-refractivity contribution is 8.16. The van der Waals surface area contributed by atoms with Crippen molar-refractivity contribution in [2.45, 2.75) is 24.5 Å². The molecule has 1 saturated heterocycles. The van der Waals surface area contributed by atoms with Crippen LogP contribution >= 0.6 is 34.9 Å². The summed E-state index contributed by atoms with van der Waals surface area (Å²) < 4.78 is 6.12. The van der Waals surface area contributed by atoms with Crippen molar-refractivity contribution in [3.05, 3.63) is 51.7 Å². The molecule has 0 bridgehead atoms. The fourth-order valence-corrected chi connectivity index (χ4v) is 6.11. The third-order valence-electron chi connectivity index (χ3n) is 3.76. The molecule has 1 aliphatic heterocycles. The van der Waals surface area contributed by atoms with Crippen LogP contribution in [0.25, 0.3) is 0 Å². The van der Waals surface area contributed by atoms with Crippen LogP contribution in [0.15, 0.2) is 35.7 Å². The monoisotopic (exact) mass is 379 g/mol. The van der Waals surface area contributed by atoms with Crippen LogP contribution in [0.1, 0.15) is 27.0 Å². The molecule has 3 nitrogen and oxygen atoms in total. The Balaban J connectivity index is 1.44. The summed E-state index contributed by atoms with van der Waals surface area (Å²) >= 11 is 5.67. The van der Waals surface area contributed by atoms with Gasteiger partial charge < -0.3 is 10.1 Å². The highest BCUT2D eigenvalue weighted by atomic mass is 32.2. The van der Waals surface area contributed by atoms with Crippen molar-refractivity contribution in [1.82, 2.24) is 5.32 Å². The van der Waals surface area contributed by atoms with Crippen molar-refractivity contribution >= 4 is 40.8 Å². The molecular weight excluding hydrogens is 358 g/mol. The zero-order valence-corrected chi connectivity index (χ0v) is 16.1. The maximum atomic E-state index is 11.9. The number of thiophene rings is 1. The summed E-state index contributed by atoms with van der Waals surface area (Å²) in [6, 6.07) is 10.2. The Morgan fingerprint density at radius 3 is 2.62 bits per heavy atom. The van der Waals surface area contributed by atoms with Crippen LogP contribution in [0.4, 0.5) is 0 Å². The number of carbonyl (C=O) groups is 1. The number of thioether (sulfide) groups is 2. The number of nitrogens with one attached hydrogen (secondary N) is 1. The molecule has 0 radical (unpaired) electrons. The van der Waals surface area contributed by atoms with Gasteiger partial charge in [0.05, 0.1) is 11.1 Å². The van der Waals surface area contributed by atoms with Crippen molar-refractivity contribution in [3.63, 3.8) is 0 Å². The van der Waals surface area contributed by atoms with Crippen molar-refractivity contribution in [1.29, 1.82) is 0 Å². The lowest BCUT2D eigenvalue weighted by Gasteiger charge is -2.21. The molecular formula is C18H21NO2S3. The Bertz CT molecular complexity index is 663. The van der Waals surface area contributed by atoms with Gasteiger partial charge in [-0.3, -0.25) is 4.79 Å². The van der Waals surface area contributed by atoms with E-state index < -0.39 is 0 Å². The Morgan fingerprint density at radius 2 is 1.96 bits per heavy atom. The van der Waals surface area contributed by atoms with Gasteiger partial charge in [0.2, 0.25) is 0 Å². The van der Waals surface area contributed by atoms with Gasteiger partial charge in [-0.15, -0.1) is 34.9 Å². The van der Waals surface area contributed by atoms with Crippen LogP contribution in [-0.4, -0.2) is 24.0 Å². The van der Waals surface area contributed by atoms with E-state index in [4.69, 9.17) is 4.74 Å². The molecule has 1 N–H and O–H groups in total. The number of ether oxygens (including phenoxy) is 1. The van der Waals surface area contributed by atoms with Gasteiger partial charge in [-0.2, -0.15) is 0 Å². The molecule has 0 aliphatic carbocycles. The Morgan fingerprint density at radius 1 is 1.21 bits per heavy atom. The molecule has 1 aliphatic rings. The number of hydrogen-bond acceptors (Lipinski definition) is 5. The molecule has 0 atom stereocenters. The van der Waals surface area contributed by atoms with Crippen LogP contribution in [0, 0.1) is 6.92 Å². The predicted octanol–water partition coefficient (Wildman–Crippen LogP) is 4.62. The third-order valence-corrected chi connectivity index (χ3v) is 7.80. The first-order valence-corrected chi connectivity index (χ1v) is 11.0. The standard InChI is InChI=1S/C18H21NO2S3/c1-13-7-10-22-16(13)11-19-17(20)12-21-15-5-3-14(4-6-15)18-23-8-2-9-24-18/h3-7,10,18H,2,8-9,11-12H2,1H3,(H,19,20). The van der Waals surface area contributed by atoms with E-state index in [1.54, 1.807) is 11.3 Å². The molecule has 128 valence electrons. The average molecular weight is 380 g/mol. The lowest BCUT2D eigenvalue weighted by Crippen LogP contribution is -2.28. The molecule has 1 amide bonds. The molecule has 24 heavy (non-hydrogen) atoms. The molecule has 1 aromatic heterocycles. The third kappa shape index (κ3) is 4.94. The van der Waals surface area contributed by atoms with Gasteiger partial charge in [0, 0.05) is 4.88 Å². The van der Waals surface area contributed by atoms with Crippen molar-refractivity contribution in [2.75, 3.05) is 18.1 Å². The molecule has 0 saturated carbocycles. The van der Waals surface area contributed by atoms with Gasteiger partial charge in [0.1, 0.15) is 5.75 Å². The van der Waals surface area contributed by atoms with Gasteiger partial charge in [-0.25, -0.2) is 0 Å². The molecule has 3 rings (SSSR count). The van der Waals surface area contributed by atoms with E-state index in [0.717, 1.165) is 5.75 Å². The van der Waals surface area contributed by atoms with Gasteiger partial charge in [-0.05, 0) is 59.6 Å². The lowest BCUT2D eigenvalue weighted by molar-refractivity contribution is -0.123. The largest absolute Gasteiger partial charge is 0.484 e. The van der Waals surface area contributed by atoms with Crippen molar-refractivity contribution < 1.29 is 9.53 Å². The normalized spacial score (nSPS) is 15.2. The topological polar surface area (TPSA) is 38.3 Å². The zero-order chi connectivity index (χ0) is 16.8. The first-order valence-electron chi connectivity index (χ1n) is 7.98. The van der Waals surface area contributed by atoms with E-state index in [1.807, 2.05) is 41.0 Å². The SMILES string of the molecule is Cc1ccsc1CNC(=O)COc1ccc(C2SCCCS2)cc1. The smallest absolute Gasteiger partial charge is 0.258 e. The highest BCUT2D eigenvalue weighted by Gasteiger charge is 2.16. The van der Waals surface area contributed by atoms with Crippen LogP contribution in [0.3, 0.4) is 0 Å². The van der Waals surface area contributed by atoms with Gasteiger partial charge in [0.15, 0.2) is 6.61 Å². The summed E-state index contributed by atoms with van der Waals surface area (Å²) in [6.07, 6.45) is 1.30. The number of amides is 1. The van der Waals surface area contributed by atoms with Crippen molar-refractivity contribution in [3.8, 4) is 5.75 Å². The minimum atomic E-state index is -0.0923. The Kier molecular flexibility index (Phi) is 6.51. The van der Waals surface area contributed by atoms with Crippen LogP contribution < -0.4 is 10.1 Å². The van der Waals surface area contributed by atoms with Crippen LogP contribution in [0.2, 0.25) is 0 Å². The summed E-state index contributed by atoms with van der Waals surface area (Å²) in [5.74, 6) is 3.12. The summed E-state index contributed by atoms with van der Waals surface area (Å²) in [5.41, 5.74) is 2.55. The fourth-order valence-electron chi connectivity index (χ4n) is 2.37. The summed E-state index contributed by atoms with van der Waals surface area (Å²) in [4.78, 5) is 13.1. The second kappa shape index (κ2) is 8.83. The summed E-state index contributed by atoms with van der Waals surface area (Å²) in [5, 5.41) is 4.94. The Hall–Kier alpha value is -1.11. The van der Waals surface area contributed by atoms with E-state index in [-0.39, 0.29) is 12.5 Å². The fraction of sp³-hybridized carbons (Fsp3) is 0.389. The molecule has 0 unspecified atom stereocenters. The second-order valence-corrected chi connectivity index (χ2v) is 9.31. The second-order valence-electron chi connectivity index (χ2n) is 5.59. The van der Waals surface area contributed by atoms with Crippen LogP contribution in [-0.2, 0) is 11.3 Å². The van der Waals surface area contributed by atoms with E-state index in [0.29, 0.717) is 11.1 Å². The summed E-state index contributed by atoms with van der Waals surface area (Å²) in [6.45, 7) is 2.68. The Labute approximate surface area is 155 Å². The van der Waals surface area contributed by atoms with Crippen molar-refractivity contribution in [2.24, 2.45) is 0 Å². The molecule has 1 fully saturated rings. The first-order chi connectivity index (χ1) is 11.7. The van der Waals surface area contributed by atoms with Crippen LogP contribution in [0.5, 0.6) is 5.75 Å². The maximum Gasteiger partial charge on any atom is 0.258 e. The van der Waals surface area contributed by atoms with Gasteiger partial charge in [0.25, 0.3) is 5.91 Å². The number of rotatable bonds is 6. The number of aryl methyl sites for hydroxylation is 1. The average Bonchev–Trinajstić information content (AvgIpc) is 3.04. The maximum absolute atomic E-state index is 11.9. The first kappa shape index (κ1) is 17.7. The molecule has 1 aromatic carbocycles.